The molecule has 0 radical (unpaired) electrons. The fraction of sp³-hybridized carbons (Fsp3) is 0.368. The number of benzene rings is 2. The second kappa shape index (κ2) is 5.60. The molecule has 0 aliphatic carbocycles. The summed E-state index contributed by atoms with van der Waals surface area (Å²) < 4.78 is 5.95. The topological polar surface area (TPSA) is 12.5 Å². The molecule has 2 aliphatic heterocycles. The van der Waals surface area contributed by atoms with Gasteiger partial charge in [0.2, 0.25) is 0 Å². The highest BCUT2D eigenvalue weighted by Crippen LogP contribution is 2.40. The van der Waals surface area contributed by atoms with Crippen LogP contribution in [0, 0.1) is 0 Å². The first-order chi connectivity index (χ1) is 10.7. The van der Waals surface area contributed by atoms with E-state index in [1.54, 1.807) is 0 Å². The second-order valence-corrected chi connectivity index (χ2v) is 6.78. The molecule has 0 bridgehead atoms. The Kier molecular flexibility index (Phi) is 3.59. The predicted molar refractivity (Wildman–Crippen MR) is 90.1 cm³/mol. The van der Waals surface area contributed by atoms with Crippen molar-refractivity contribution < 1.29 is 4.74 Å². The van der Waals surface area contributed by atoms with Crippen molar-refractivity contribution in [3.05, 3.63) is 63.7 Å². The molecule has 0 fully saturated rings. The molecule has 3 heteroatoms. The van der Waals surface area contributed by atoms with Gasteiger partial charge in [-0.25, -0.2) is 0 Å². The number of rotatable bonds is 1. The highest BCUT2D eigenvalue weighted by atomic mass is 35.5. The maximum atomic E-state index is 6.22. The smallest absolute Gasteiger partial charge is 0.126 e. The molecule has 0 saturated heterocycles. The normalized spacial score (nSPS) is 20.9. The van der Waals surface area contributed by atoms with Gasteiger partial charge in [0, 0.05) is 36.0 Å². The first-order valence-electron chi connectivity index (χ1n) is 7.94. The van der Waals surface area contributed by atoms with Crippen LogP contribution in [-0.4, -0.2) is 31.6 Å². The van der Waals surface area contributed by atoms with Gasteiger partial charge in [-0.1, -0.05) is 35.9 Å². The fourth-order valence-corrected chi connectivity index (χ4v) is 3.92. The molecule has 1 atom stereocenters. The first kappa shape index (κ1) is 14.1. The highest BCUT2D eigenvalue weighted by Gasteiger charge is 2.28. The third-order valence-electron chi connectivity index (χ3n) is 4.86. The van der Waals surface area contributed by atoms with E-state index in [4.69, 9.17) is 16.3 Å². The van der Waals surface area contributed by atoms with Gasteiger partial charge in [0.15, 0.2) is 0 Å². The predicted octanol–water partition coefficient (Wildman–Crippen LogP) is 3.89. The van der Waals surface area contributed by atoms with Gasteiger partial charge in [-0.2, -0.15) is 0 Å². The molecule has 4 rings (SSSR count). The number of ether oxygens (including phenoxy) is 1. The van der Waals surface area contributed by atoms with Gasteiger partial charge in [-0.15, -0.1) is 0 Å². The Morgan fingerprint density at radius 2 is 2.00 bits per heavy atom. The molecule has 2 aromatic carbocycles. The molecule has 2 nitrogen and oxygen atoms in total. The van der Waals surface area contributed by atoms with E-state index in [9.17, 15) is 0 Å². The SMILES string of the molecule is CN1CCc2cc(Cl)ccc2C(c2cccc3c2OCC3)C1. The van der Waals surface area contributed by atoms with Gasteiger partial charge >= 0.3 is 0 Å². The molecule has 1 unspecified atom stereocenters. The standard InChI is InChI=1S/C19H20ClNO/c1-21-9-7-14-11-15(20)5-6-16(14)18(12-21)17-4-2-3-13-8-10-22-19(13)17/h2-6,11,18H,7-10,12H2,1H3. The number of halogens is 1. The van der Waals surface area contributed by atoms with Crippen molar-refractivity contribution in [3.8, 4) is 5.75 Å². The third kappa shape index (κ3) is 2.41. The van der Waals surface area contributed by atoms with Gasteiger partial charge in [0.05, 0.1) is 6.61 Å². The monoisotopic (exact) mass is 313 g/mol. The summed E-state index contributed by atoms with van der Waals surface area (Å²) in [6, 6.07) is 12.9. The molecule has 0 N–H and O–H groups in total. The quantitative estimate of drug-likeness (QED) is 0.792. The Balaban J connectivity index is 1.85. The van der Waals surface area contributed by atoms with Crippen molar-refractivity contribution in [2.45, 2.75) is 18.8 Å². The average Bonchev–Trinajstić information content (AvgIpc) is 2.93. The summed E-state index contributed by atoms with van der Waals surface area (Å²) >= 11 is 6.22. The minimum atomic E-state index is 0.354. The molecule has 0 saturated carbocycles. The zero-order valence-electron chi connectivity index (χ0n) is 12.8. The van der Waals surface area contributed by atoms with E-state index < -0.39 is 0 Å². The average molecular weight is 314 g/mol. The molecule has 2 heterocycles. The van der Waals surface area contributed by atoms with Crippen LogP contribution in [0.25, 0.3) is 0 Å². The largest absolute Gasteiger partial charge is 0.493 e. The van der Waals surface area contributed by atoms with Gasteiger partial charge in [0.1, 0.15) is 5.75 Å². The van der Waals surface area contributed by atoms with Crippen molar-refractivity contribution in [1.82, 2.24) is 4.90 Å². The molecule has 2 aliphatic rings. The first-order valence-corrected chi connectivity index (χ1v) is 8.31. The zero-order chi connectivity index (χ0) is 15.1. The van der Waals surface area contributed by atoms with E-state index in [0.29, 0.717) is 5.92 Å². The Hall–Kier alpha value is -1.51. The minimum Gasteiger partial charge on any atom is -0.493 e. The summed E-state index contributed by atoms with van der Waals surface area (Å²) in [6.45, 7) is 2.90. The Morgan fingerprint density at radius 3 is 2.91 bits per heavy atom. The van der Waals surface area contributed by atoms with E-state index in [2.05, 4.69) is 42.3 Å². The van der Waals surface area contributed by atoms with Crippen LogP contribution < -0.4 is 4.74 Å². The molecular formula is C19H20ClNO. The van der Waals surface area contributed by atoms with E-state index in [1.807, 2.05) is 6.07 Å². The van der Waals surface area contributed by atoms with Crippen LogP contribution in [0.15, 0.2) is 36.4 Å². The molecule has 2 aromatic rings. The van der Waals surface area contributed by atoms with Crippen LogP contribution in [0.3, 0.4) is 0 Å². The minimum absolute atomic E-state index is 0.354. The number of hydrogen-bond donors (Lipinski definition) is 0. The van der Waals surface area contributed by atoms with Crippen molar-refractivity contribution in [2.75, 3.05) is 26.7 Å². The molecule has 0 amide bonds. The summed E-state index contributed by atoms with van der Waals surface area (Å²) in [7, 11) is 2.20. The van der Waals surface area contributed by atoms with Gasteiger partial charge in [-0.3, -0.25) is 0 Å². The van der Waals surface area contributed by atoms with Crippen LogP contribution in [0.1, 0.15) is 28.2 Å². The van der Waals surface area contributed by atoms with Gasteiger partial charge < -0.3 is 9.64 Å². The third-order valence-corrected chi connectivity index (χ3v) is 5.09. The Morgan fingerprint density at radius 1 is 1.09 bits per heavy atom. The summed E-state index contributed by atoms with van der Waals surface area (Å²) in [5, 5.41) is 0.830. The van der Waals surface area contributed by atoms with Crippen LogP contribution in [-0.2, 0) is 12.8 Å². The van der Waals surface area contributed by atoms with Gasteiger partial charge in [-0.05, 0) is 42.3 Å². The van der Waals surface area contributed by atoms with Crippen LogP contribution in [0.5, 0.6) is 5.75 Å². The summed E-state index contributed by atoms with van der Waals surface area (Å²) in [5.41, 5.74) is 5.45. The van der Waals surface area contributed by atoms with Crippen molar-refractivity contribution in [3.63, 3.8) is 0 Å². The van der Waals surface area contributed by atoms with Crippen LogP contribution in [0.2, 0.25) is 5.02 Å². The number of likely N-dealkylation sites (N-methyl/N-ethyl adjacent to an activating group) is 1. The maximum absolute atomic E-state index is 6.22. The van der Waals surface area contributed by atoms with Crippen molar-refractivity contribution in [2.24, 2.45) is 0 Å². The number of nitrogens with zero attached hydrogens (tertiary/aromatic N) is 1. The Labute approximate surface area is 136 Å². The lowest BCUT2D eigenvalue weighted by Gasteiger charge is -2.23. The fourth-order valence-electron chi connectivity index (χ4n) is 3.72. The lowest BCUT2D eigenvalue weighted by molar-refractivity contribution is 0.327. The Bertz CT molecular complexity index is 713. The van der Waals surface area contributed by atoms with Crippen LogP contribution >= 0.6 is 11.6 Å². The van der Waals surface area contributed by atoms with E-state index in [-0.39, 0.29) is 0 Å². The van der Waals surface area contributed by atoms with E-state index in [0.717, 1.165) is 43.3 Å². The zero-order valence-corrected chi connectivity index (χ0v) is 13.6. The number of hydrogen-bond acceptors (Lipinski definition) is 2. The number of fused-ring (bicyclic) bond motifs is 2. The number of para-hydroxylation sites is 1. The molecule has 0 aromatic heterocycles. The molecular weight excluding hydrogens is 294 g/mol. The van der Waals surface area contributed by atoms with Crippen LogP contribution in [0.4, 0.5) is 0 Å². The van der Waals surface area contributed by atoms with Gasteiger partial charge in [0.25, 0.3) is 0 Å². The van der Waals surface area contributed by atoms with E-state index >= 15 is 0 Å². The molecule has 114 valence electrons. The molecule has 22 heavy (non-hydrogen) atoms. The highest BCUT2D eigenvalue weighted by molar-refractivity contribution is 6.30. The summed E-state index contributed by atoms with van der Waals surface area (Å²) in [4.78, 5) is 2.41. The second-order valence-electron chi connectivity index (χ2n) is 6.34. The maximum Gasteiger partial charge on any atom is 0.126 e. The van der Waals surface area contributed by atoms with Crippen molar-refractivity contribution >= 4 is 11.6 Å². The lowest BCUT2D eigenvalue weighted by Crippen LogP contribution is -2.24. The molecule has 0 spiro atoms. The summed E-state index contributed by atoms with van der Waals surface area (Å²) in [6.07, 6.45) is 2.08. The summed E-state index contributed by atoms with van der Waals surface area (Å²) in [5.74, 6) is 1.47. The van der Waals surface area contributed by atoms with E-state index in [1.165, 1.54) is 22.3 Å². The lowest BCUT2D eigenvalue weighted by atomic mass is 9.86. The van der Waals surface area contributed by atoms with Crippen molar-refractivity contribution in [1.29, 1.82) is 0 Å².